The van der Waals surface area contributed by atoms with Crippen molar-refractivity contribution in [3.63, 3.8) is 0 Å². The first-order chi connectivity index (χ1) is 10.1. The molecule has 2 aliphatic carbocycles. The minimum Gasteiger partial charge on any atom is -0.382 e. The molecule has 1 N–H and O–H groups in total. The number of carbonyl (C=O) groups excluding carboxylic acids is 2. The number of nitrogens with one attached hydrogen (secondary N) is 1. The van der Waals surface area contributed by atoms with Gasteiger partial charge in [-0.3, -0.25) is 9.59 Å². The molecule has 0 aromatic rings. The van der Waals surface area contributed by atoms with E-state index < -0.39 is 5.54 Å². The van der Waals surface area contributed by atoms with Crippen LogP contribution in [0.15, 0.2) is 0 Å². The van der Waals surface area contributed by atoms with E-state index in [0.29, 0.717) is 31.6 Å². The summed E-state index contributed by atoms with van der Waals surface area (Å²) in [5, 5.41) is 3.01. The Hall–Kier alpha value is -1.10. The van der Waals surface area contributed by atoms with Crippen molar-refractivity contribution in [1.29, 1.82) is 0 Å². The van der Waals surface area contributed by atoms with Gasteiger partial charge in [0.15, 0.2) is 0 Å². The van der Waals surface area contributed by atoms with Gasteiger partial charge >= 0.3 is 0 Å². The number of rotatable bonds is 7. The van der Waals surface area contributed by atoms with Gasteiger partial charge in [-0.2, -0.15) is 0 Å². The molecule has 0 bridgehead atoms. The molecule has 1 aliphatic heterocycles. The van der Waals surface area contributed by atoms with Gasteiger partial charge in [-0.25, -0.2) is 0 Å². The number of piperazine rings is 1. The summed E-state index contributed by atoms with van der Waals surface area (Å²) in [5.41, 5.74) is -0.644. The predicted molar refractivity (Wildman–Crippen MR) is 78.6 cm³/mol. The summed E-state index contributed by atoms with van der Waals surface area (Å²) in [6.45, 7) is 5.89. The molecule has 2 saturated carbocycles. The van der Waals surface area contributed by atoms with Crippen LogP contribution in [-0.2, 0) is 14.3 Å². The molecule has 0 aromatic heterocycles. The Bertz CT molecular complexity index is 431. The van der Waals surface area contributed by atoms with Gasteiger partial charge in [0.1, 0.15) is 11.6 Å². The first-order valence-corrected chi connectivity index (χ1v) is 8.29. The Morgan fingerprint density at radius 2 is 2.00 bits per heavy atom. The highest BCUT2D eigenvalue weighted by molar-refractivity contribution is 6.00. The highest BCUT2D eigenvalue weighted by Gasteiger charge is 2.58. The van der Waals surface area contributed by atoms with E-state index in [-0.39, 0.29) is 17.9 Å². The van der Waals surface area contributed by atoms with E-state index in [1.54, 1.807) is 0 Å². The van der Waals surface area contributed by atoms with Crippen molar-refractivity contribution in [1.82, 2.24) is 10.2 Å². The smallest absolute Gasteiger partial charge is 0.246 e. The summed E-state index contributed by atoms with van der Waals surface area (Å²) in [4.78, 5) is 27.3. The van der Waals surface area contributed by atoms with Crippen LogP contribution < -0.4 is 5.32 Å². The number of nitrogens with zero attached hydrogens (tertiary/aromatic N) is 1. The lowest BCUT2D eigenvalue weighted by molar-refractivity contribution is -0.159. The molecule has 2 atom stereocenters. The van der Waals surface area contributed by atoms with Crippen LogP contribution in [0.4, 0.5) is 0 Å². The molecule has 5 heteroatoms. The maximum Gasteiger partial charge on any atom is 0.246 e. The fourth-order valence-electron chi connectivity index (χ4n) is 3.48. The maximum atomic E-state index is 12.8. The van der Waals surface area contributed by atoms with Gasteiger partial charge in [-0.1, -0.05) is 0 Å². The van der Waals surface area contributed by atoms with Gasteiger partial charge in [0.05, 0.1) is 0 Å². The van der Waals surface area contributed by atoms with Gasteiger partial charge < -0.3 is 15.0 Å². The molecule has 0 radical (unpaired) electrons. The highest BCUT2D eigenvalue weighted by Crippen LogP contribution is 2.46. The molecular formula is C16H26N2O3. The zero-order valence-electron chi connectivity index (χ0n) is 13.1. The number of carbonyl (C=O) groups is 2. The lowest BCUT2D eigenvalue weighted by Gasteiger charge is -2.47. The van der Waals surface area contributed by atoms with Crippen LogP contribution in [0, 0.1) is 11.8 Å². The molecule has 3 rings (SSSR count). The number of amides is 2. The van der Waals surface area contributed by atoms with Crippen LogP contribution in [0.3, 0.4) is 0 Å². The molecule has 2 amide bonds. The lowest BCUT2D eigenvalue weighted by Crippen LogP contribution is -2.71. The monoisotopic (exact) mass is 294 g/mol. The quantitative estimate of drug-likeness (QED) is 0.720. The topological polar surface area (TPSA) is 58.6 Å². The number of hydrogen-bond donors (Lipinski definition) is 1. The number of ether oxygens (including phenoxy) is 1. The Labute approximate surface area is 126 Å². The number of hydrogen-bond acceptors (Lipinski definition) is 3. The Morgan fingerprint density at radius 1 is 1.29 bits per heavy atom. The van der Waals surface area contributed by atoms with Crippen molar-refractivity contribution in [2.24, 2.45) is 11.8 Å². The fraction of sp³-hybridized carbons (Fsp3) is 0.875. The second-order valence-corrected chi connectivity index (χ2v) is 6.75. The molecule has 0 spiro atoms. The first-order valence-electron chi connectivity index (χ1n) is 8.29. The minimum atomic E-state index is -0.644. The van der Waals surface area contributed by atoms with Gasteiger partial charge in [0.2, 0.25) is 11.8 Å². The third-order valence-electron chi connectivity index (χ3n) is 5.18. The summed E-state index contributed by atoms with van der Waals surface area (Å²) in [7, 11) is 0. The molecule has 0 aromatic carbocycles. The third kappa shape index (κ3) is 2.68. The SMILES string of the molecule is CCOCCCN1C(=O)C(C2CC2)NC(=O)C1(C)C1CC1. The largest absolute Gasteiger partial charge is 0.382 e. The van der Waals surface area contributed by atoms with Crippen LogP contribution in [0.5, 0.6) is 0 Å². The van der Waals surface area contributed by atoms with Crippen LogP contribution >= 0.6 is 0 Å². The molecule has 5 nitrogen and oxygen atoms in total. The highest BCUT2D eigenvalue weighted by atomic mass is 16.5. The van der Waals surface area contributed by atoms with Crippen molar-refractivity contribution >= 4 is 11.8 Å². The average molecular weight is 294 g/mol. The van der Waals surface area contributed by atoms with Crippen LogP contribution in [0.25, 0.3) is 0 Å². The van der Waals surface area contributed by atoms with Crippen LogP contribution in [-0.4, -0.2) is 48.1 Å². The molecule has 1 heterocycles. The van der Waals surface area contributed by atoms with E-state index in [2.05, 4.69) is 5.32 Å². The lowest BCUT2D eigenvalue weighted by atomic mass is 9.87. The molecular weight excluding hydrogens is 268 g/mol. The maximum absolute atomic E-state index is 12.8. The van der Waals surface area contributed by atoms with Crippen molar-refractivity contribution in [3.05, 3.63) is 0 Å². The summed E-state index contributed by atoms with van der Waals surface area (Å²) in [6.07, 6.45) is 5.01. The van der Waals surface area contributed by atoms with Crippen molar-refractivity contribution in [2.45, 2.75) is 57.5 Å². The molecule has 118 valence electrons. The van der Waals surface area contributed by atoms with Crippen LogP contribution in [0.2, 0.25) is 0 Å². The first kappa shape index (κ1) is 14.8. The fourth-order valence-corrected chi connectivity index (χ4v) is 3.48. The molecule has 3 aliphatic rings. The summed E-state index contributed by atoms with van der Waals surface area (Å²) >= 11 is 0. The standard InChI is InChI=1S/C16H26N2O3/c1-3-21-10-4-9-18-14(19)13(11-5-6-11)17-15(20)16(18,2)12-7-8-12/h11-13H,3-10H2,1-2H3,(H,17,20). The van der Waals surface area contributed by atoms with Gasteiger partial charge in [-0.15, -0.1) is 0 Å². The van der Waals surface area contributed by atoms with E-state index in [9.17, 15) is 9.59 Å². The van der Waals surface area contributed by atoms with Crippen LogP contribution in [0.1, 0.15) is 46.0 Å². The van der Waals surface area contributed by atoms with E-state index in [1.165, 1.54) is 0 Å². The average Bonchev–Trinajstić information content (AvgIpc) is 3.32. The minimum absolute atomic E-state index is 0.0536. The summed E-state index contributed by atoms with van der Waals surface area (Å²) in [5.74, 6) is 0.870. The zero-order chi connectivity index (χ0) is 15.0. The molecule has 21 heavy (non-hydrogen) atoms. The second kappa shape index (κ2) is 5.59. The van der Waals surface area contributed by atoms with Gasteiger partial charge in [0.25, 0.3) is 0 Å². The van der Waals surface area contributed by atoms with E-state index in [0.717, 1.165) is 32.1 Å². The van der Waals surface area contributed by atoms with E-state index in [4.69, 9.17) is 4.74 Å². The Kier molecular flexibility index (Phi) is 3.95. The van der Waals surface area contributed by atoms with E-state index >= 15 is 0 Å². The van der Waals surface area contributed by atoms with Crippen molar-refractivity contribution in [2.75, 3.05) is 19.8 Å². The summed E-state index contributed by atoms with van der Waals surface area (Å²) < 4.78 is 5.38. The third-order valence-corrected chi connectivity index (χ3v) is 5.18. The van der Waals surface area contributed by atoms with Gasteiger partial charge in [0, 0.05) is 19.8 Å². The van der Waals surface area contributed by atoms with Gasteiger partial charge in [-0.05, 0) is 57.8 Å². The van der Waals surface area contributed by atoms with Crippen molar-refractivity contribution < 1.29 is 14.3 Å². The Balaban J connectivity index is 1.74. The molecule has 3 fully saturated rings. The van der Waals surface area contributed by atoms with Crippen molar-refractivity contribution in [3.8, 4) is 0 Å². The second-order valence-electron chi connectivity index (χ2n) is 6.75. The zero-order valence-corrected chi connectivity index (χ0v) is 13.1. The summed E-state index contributed by atoms with van der Waals surface area (Å²) in [6, 6.07) is -0.281. The predicted octanol–water partition coefficient (Wildman–Crippen LogP) is 1.32. The normalized spacial score (nSPS) is 33.2. The molecule has 2 unspecified atom stereocenters. The van der Waals surface area contributed by atoms with E-state index in [1.807, 2.05) is 18.7 Å². The molecule has 1 saturated heterocycles. The Morgan fingerprint density at radius 3 is 2.57 bits per heavy atom.